The number of para-hydroxylation sites is 3. The summed E-state index contributed by atoms with van der Waals surface area (Å²) in [5.74, 6) is 0. The van der Waals surface area contributed by atoms with Gasteiger partial charge < -0.3 is 8.97 Å². The van der Waals surface area contributed by atoms with Crippen LogP contribution >= 0.6 is 0 Å². The third-order valence-corrected chi connectivity index (χ3v) is 9.14. The van der Waals surface area contributed by atoms with Crippen molar-refractivity contribution in [3.63, 3.8) is 0 Å². The molecule has 4 heterocycles. The van der Waals surface area contributed by atoms with Crippen molar-refractivity contribution in [2.45, 2.75) is 12.5 Å². The van der Waals surface area contributed by atoms with Crippen LogP contribution in [0.2, 0.25) is 0 Å². The van der Waals surface area contributed by atoms with E-state index in [2.05, 4.69) is 124 Å². The SMILES string of the molecule is C1=CCC2C(=C1)c1cccc3c4c(-c5ccc6c7cccc8c9ccccc9n(c6c5)c87)cccc4n2c13. The van der Waals surface area contributed by atoms with Crippen LogP contribution in [0.25, 0.3) is 76.6 Å². The van der Waals surface area contributed by atoms with Gasteiger partial charge in [0.05, 0.1) is 33.6 Å². The molecule has 38 heavy (non-hydrogen) atoms. The number of benzene rings is 5. The van der Waals surface area contributed by atoms with Crippen molar-refractivity contribution in [3.8, 4) is 11.1 Å². The van der Waals surface area contributed by atoms with E-state index in [1.54, 1.807) is 0 Å². The zero-order valence-corrected chi connectivity index (χ0v) is 20.6. The number of rotatable bonds is 1. The second kappa shape index (κ2) is 6.54. The Morgan fingerprint density at radius 3 is 2.26 bits per heavy atom. The van der Waals surface area contributed by atoms with Crippen LogP contribution in [0.1, 0.15) is 18.0 Å². The molecule has 1 atom stereocenters. The van der Waals surface area contributed by atoms with E-state index in [4.69, 9.17) is 0 Å². The van der Waals surface area contributed by atoms with Crippen LogP contribution in [0.5, 0.6) is 0 Å². The first-order chi connectivity index (χ1) is 18.9. The predicted molar refractivity (Wildman–Crippen MR) is 160 cm³/mol. The Morgan fingerprint density at radius 1 is 0.579 bits per heavy atom. The van der Waals surface area contributed by atoms with Crippen molar-refractivity contribution < 1.29 is 0 Å². The molecule has 2 nitrogen and oxygen atoms in total. The molecule has 0 spiro atoms. The van der Waals surface area contributed by atoms with Crippen LogP contribution in [-0.4, -0.2) is 8.97 Å². The Balaban J connectivity index is 1.33. The van der Waals surface area contributed by atoms with Gasteiger partial charge in [-0.1, -0.05) is 97.1 Å². The minimum atomic E-state index is 0.390. The van der Waals surface area contributed by atoms with Gasteiger partial charge in [0, 0.05) is 37.9 Å². The third-order valence-electron chi connectivity index (χ3n) is 9.14. The van der Waals surface area contributed by atoms with Crippen molar-refractivity contribution in [2.75, 3.05) is 0 Å². The summed E-state index contributed by atoms with van der Waals surface area (Å²) in [5.41, 5.74) is 12.1. The molecule has 2 aliphatic rings. The molecule has 1 aliphatic carbocycles. The summed E-state index contributed by atoms with van der Waals surface area (Å²) in [6.07, 6.45) is 7.89. The third kappa shape index (κ3) is 2.10. The molecule has 0 radical (unpaired) electrons. The fraction of sp³-hybridized carbons (Fsp3) is 0.0556. The molecule has 8 aromatic rings. The number of allylic oxidation sites excluding steroid dienone is 4. The summed E-state index contributed by atoms with van der Waals surface area (Å²) in [7, 11) is 0. The quantitative estimate of drug-likeness (QED) is 0.220. The van der Waals surface area contributed by atoms with Crippen LogP contribution in [0.4, 0.5) is 0 Å². The maximum Gasteiger partial charge on any atom is 0.0633 e. The summed E-state index contributed by atoms with van der Waals surface area (Å²) < 4.78 is 5.08. The van der Waals surface area contributed by atoms with Crippen LogP contribution in [0.15, 0.2) is 115 Å². The van der Waals surface area contributed by atoms with Crippen molar-refractivity contribution >= 4 is 65.5 Å². The lowest BCUT2D eigenvalue weighted by atomic mass is 9.92. The van der Waals surface area contributed by atoms with Gasteiger partial charge in [0.2, 0.25) is 0 Å². The number of hydrogen-bond donors (Lipinski definition) is 0. The highest BCUT2D eigenvalue weighted by atomic mass is 15.0. The molecule has 176 valence electrons. The molecule has 10 rings (SSSR count). The topological polar surface area (TPSA) is 9.34 Å². The Kier molecular flexibility index (Phi) is 3.32. The predicted octanol–water partition coefficient (Wildman–Crippen LogP) is 9.51. The minimum Gasteiger partial charge on any atom is -0.332 e. The second-order valence-electron chi connectivity index (χ2n) is 10.9. The number of fused-ring (bicyclic) bond motifs is 12. The largest absolute Gasteiger partial charge is 0.332 e. The van der Waals surface area contributed by atoms with E-state index in [-0.39, 0.29) is 0 Å². The standard InChI is InChI=1S/C36H22N2/c1-3-15-30-24(9-1)27-13-6-14-29-34-22(10-7-17-32(34)37(30)36(27)29)21-18-19-25-28-12-5-11-26-23-8-2-4-16-31(23)38(35(26)28)33(25)20-21/h1-14,16-20,30H,15H2. The van der Waals surface area contributed by atoms with Gasteiger partial charge >= 0.3 is 0 Å². The smallest absolute Gasteiger partial charge is 0.0633 e. The van der Waals surface area contributed by atoms with E-state index >= 15 is 0 Å². The minimum absolute atomic E-state index is 0.390. The lowest BCUT2D eigenvalue weighted by Gasteiger charge is -2.18. The monoisotopic (exact) mass is 482 g/mol. The van der Waals surface area contributed by atoms with Gasteiger partial charge in [-0.2, -0.15) is 0 Å². The summed E-state index contributed by atoms with van der Waals surface area (Å²) in [5, 5.41) is 8.05. The first-order valence-electron chi connectivity index (χ1n) is 13.5. The fourth-order valence-electron chi connectivity index (χ4n) is 7.68. The molecule has 0 saturated carbocycles. The molecule has 1 unspecified atom stereocenters. The molecule has 5 aromatic carbocycles. The highest BCUT2D eigenvalue weighted by Crippen LogP contribution is 2.50. The van der Waals surface area contributed by atoms with Crippen molar-refractivity contribution in [3.05, 3.63) is 121 Å². The Labute approximate surface area is 218 Å². The van der Waals surface area contributed by atoms with Crippen molar-refractivity contribution in [1.29, 1.82) is 0 Å². The van der Waals surface area contributed by atoms with E-state index in [0.29, 0.717) is 6.04 Å². The normalized spacial score (nSPS) is 16.6. The Hall–Kier alpha value is -4.82. The lowest BCUT2D eigenvalue weighted by Crippen LogP contribution is -2.05. The average molecular weight is 483 g/mol. The number of hydrogen-bond acceptors (Lipinski definition) is 0. The molecule has 2 heteroatoms. The molecule has 3 aromatic heterocycles. The van der Waals surface area contributed by atoms with Gasteiger partial charge in [0.1, 0.15) is 0 Å². The zero-order chi connectivity index (χ0) is 24.5. The zero-order valence-electron chi connectivity index (χ0n) is 20.6. The molecule has 0 saturated heterocycles. The average Bonchev–Trinajstić information content (AvgIpc) is 3.70. The lowest BCUT2D eigenvalue weighted by molar-refractivity contribution is 0.684. The van der Waals surface area contributed by atoms with Crippen LogP contribution < -0.4 is 0 Å². The Bertz CT molecular complexity index is 2370. The summed E-state index contributed by atoms with van der Waals surface area (Å²) >= 11 is 0. The van der Waals surface area contributed by atoms with Gasteiger partial charge in [-0.15, -0.1) is 0 Å². The van der Waals surface area contributed by atoms with Gasteiger partial charge in [-0.05, 0) is 41.3 Å². The molecule has 0 bridgehead atoms. The van der Waals surface area contributed by atoms with Crippen LogP contribution in [-0.2, 0) is 0 Å². The van der Waals surface area contributed by atoms with Gasteiger partial charge in [-0.3, -0.25) is 0 Å². The number of nitrogens with zero attached hydrogens (tertiary/aromatic N) is 2. The van der Waals surface area contributed by atoms with Gasteiger partial charge in [0.25, 0.3) is 0 Å². The van der Waals surface area contributed by atoms with Gasteiger partial charge in [0.15, 0.2) is 0 Å². The maximum atomic E-state index is 2.60. The van der Waals surface area contributed by atoms with E-state index < -0.39 is 0 Å². The fourth-order valence-corrected chi connectivity index (χ4v) is 7.68. The van der Waals surface area contributed by atoms with Crippen LogP contribution in [0, 0.1) is 0 Å². The van der Waals surface area contributed by atoms with E-state index in [0.717, 1.165) is 6.42 Å². The molecular formula is C36H22N2. The summed E-state index contributed by atoms with van der Waals surface area (Å²) in [6, 6.07) is 36.7. The molecule has 0 fully saturated rings. The first-order valence-corrected chi connectivity index (χ1v) is 13.5. The summed E-state index contributed by atoms with van der Waals surface area (Å²) in [6.45, 7) is 0. The van der Waals surface area contributed by atoms with Crippen molar-refractivity contribution in [1.82, 2.24) is 8.97 Å². The maximum absolute atomic E-state index is 2.60. The summed E-state index contributed by atoms with van der Waals surface area (Å²) in [4.78, 5) is 0. The number of aromatic nitrogens is 2. The molecular weight excluding hydrogens is 460 g/mol. The molecule has 0 amide bonds. The molecule has 0 N–H and O–H groups in total. The van der Waals surface area contributed by atoms with E-state index in [1.807, 2.05) is 0 Å². The Morgan fingerprint density at radius 2 is 1.32 bits per heavy atom. The van der Waals surface area contributed by atoms with Gasteiger partial charge in [-0.25, -0.2) is 0 Å². The first kappa shape index (κ1) is 19.3. The van der Waals surface area contributed by atoms with Crippen molar-refractivity contribution in [2.24, 2.45) is 0 Å². The highest BCUT2D eigenvalue weighted by molar-refractivity contribution is 6.24. The van der Waals surface area contributed by atoms with E-state index in [1.165, 1.54) is 82.2 Å². The van der Waals surface area contributed by atoms with Crippen LogP contribution in [0.3, 0.4) is 0 Å². The van der Waals surface area contributed by atoms with E-state index in [9.17, 15) is 0 Å². The highest BCUT2D eigenvalue weighted by Gasteiger charge is 2.32. The second-order valence-corrected chi connectivity index (χ2v) is 10.9. The molecule has 1 aliphatic heterocycles.